The van der Waals surface area contributed by atoms with E-state index in [2.05, 4.69) is 5.32 Å². The predicted octanol–water partition coefficient (Wildman–Crippen LogP) is 1.34. The minimum absolute atomic E-state index is 0.00683. The van der Waals surface area contributed by atoms with Crippen molar-refractivity contribution in [2.24, 2.45) is 0 Å². The number of nitrogens with zero attached hydrogens (tertiary/aromatic N) is 2. The fraction of sp³-hybridized carbons (Fsp3) is 0.667. The van der Waals surface area contributed by atoms with E-state index in [0.29, 0.717) is 6.61 Å². The summed E-state index contributed by atoms with van der Waals surface area (Å²) in [7, 11) is 1.73. The Hall–Kier alpha value is -2.03. The van der Waals surface area contributed by atoms with Gasteiger partial charge in [-0.15, -0.1) is 0 Å². The van der Waals surface area contributed by atoms with Crippen LogP contribution in [0.4, 0.5) is 0 Å². The van der Waals surface area contributed by atoms with E-state index in [4.69, 9.17) is 10.00 Å². The van der Waals surface area contributed by atoms with Crippen LogP contribution in [0.2, 0.25) is 0 Å². The zero-order valence-corrected chi connectivity index (χ0v) is 12.7. The van der Waals surface area contributed by atoms with E-state index in [1.165, 1.54) is 12.6 Å². The molecule has 116 valence electrons. The Morgan fingerprint density at radius 2 is 2.05 bits per heavy atom. The molecule has 0 aromatic heterocycles. The van der Waals surface area contributed by atoms with Gasteiger partial charge < -0.3 is 15.0 Å². The lowest BCUT2D eigenvalue weighted by Crippen LogP contribution is -2.39. The van der Waals surface area contributed by atoms with Crippen molar-refractivity contribution in [3.63, 3.8) is 0 Å². The maximum atomic E-state index is 12.3. The lowest BCUT2D eigenvalue weighted by molar-refractivity contribution is -0.141. The summed E-state index contributed by atoms with van der Waals surface area (Å²) in [5.74, 6) is -0.722. The molecule has 0 aromatic carbocycles. The minimum Gasteiger partial charge on any atom is -0.465 e. The first-order chi connectivity index (χ1) is 10.1. The van der Waals surface area contributed by atoms with E-state index >= 15 is 0 Å². The summed E-state index contributed by atoms with van der Waals surface area (Å²) in [4.78, 5) is 25.1. The van der Waals surface area contributed by atoms with Crippen LogP contribution in [0.1, 0.15) is 39.0 Å². The van der Waals surface area contributed by atoms with Gasteiger partial charge in [0.25, 0.3) is 5.91 Å². The van der Waals surface area contributed by atoms with E-state index < -0.39 is 5.97 Å². The number of nitrogens with one attached hydrogen (secondary N) is 1. The summed E-state index contributed by atoms with van der Waals surface area (Å²) in [5.41, 5.74) is 0.00683. The van der Waals surface area contributed by atoms with Gasteiger partial charge in [-0.3, -0.25) is 9.59 Å². The van der Waals surface area contributed by atoms with Crippen LogP contribution in [0, 0.1) is 11.3 Å². The van der Waals surface area contributed by atoms with Crippen LogP contribution in [0.15, 0.2) is 11.8 Å². The molecule has 1 fully saturated rings. The standard InChI is InChI=1S/C15H23N3O3/c1-3-21-14(19)11-17-10-12(9-16)15(20)18(2)13-7-5-4-6-8-13/h10,13,17H,3-8,11H2,1-2H3/b12-10-. The highest BCUT2D eigenvalue weighted by Crippen LogP contribution is 2.22. The second-order valence-corrected chi connectivity index (χ2v) is 5.06. The highest BCUT2D eigenvalue weighted by molar-refractivity contribution is 5.97. The number of likely N-dealkylation sites (N-methyl/N-ethyl adjacent to an activating group) is 1. The predicted molar refractivity (Wildman–Crippen MR) is 78.0 cm³/mol. The summed E-state index contributed by atoms with van der Waals surface area (Å²) in [6, 6.07) is 2.08. The molecule has 0 heterocycles. The van der Waals surface area contributed by atoms with Gasteiger partial charge in [-0.25, -0.2) is 0 Å². The second-order valence-electron chi connectivity index (χ2n) is 5.06. The molecule has 1 N–H and O–H groups in total. The number of hydrogen-bond donors (Lipinski definition) is 1. The average molecular weight is 293 g/mol. The van der Waals surface area contributed by atoms with Gasteiger partial charge in [0.15, 0.2) is 0 Å². The number of nitriles is 1. The van der Waals surface area contributed by atoms with Crippen molar-refractivity contribution in [2.45, 2.75) is 45.1 Å². The molecule has 21 heavy (non-hydrogen) atoms. The fourth-order valence-electron chi connectivity index (χ4n) is 2.41. The normalized spacial score (nSPS) is 16.0. The SMILES string of the molecule is CCOC(=O)CN/C=C(/C#N)C(=O)N(C)C1CCCCC1. The van der Waals surface area contributed by atoms with Crippen molar-refractivity contribution in [3.8, 4) is 6.07 Å². The summed E-state index contributed by atoms with van der Waals surface area (Å²) < 4.78 is 4.75. The number of amides is 1. The molecule has 0 aliphatic heterocycles. The molecular formula is C15H23N3O3. The maximum absolute atomic E-state index is 12.3. The third-order valence-electron chi connectivity index (χ3n) is 3.59. The zero-order valence-electron chi connectivity index (χ0n) is 12.7. The van der Waals surface area contributed by atoms with Gasteiger partial charge >= 0.3 is 5.97 Å². The number of carbonyl (C=O) groups excluding carboxylic acids is 2. The molecule has 1 amide bonds. The lowest BCUT2D eigenvalue weighted by atomic mass is 9.94. The summed E-state index contributed by atoms with van der Waals surface area (Å²) >= 11 is 0. The molecule has 1 aliphatic rings. The van der Waals surface area contributed by atoms with E-state index in [1.54, 1.807) is 18.9 Å². The summed E-state index contributed by atoms with van der Waals surface area (Å²) in [6.07, 6.45) is 6.71. The monoisotopic (exact) mass is 293 g/mol. The fourth-order valence-corrected chi connectivity index (χ4v) is 2.41. The zero-order chi connectivity index (χ0) is 15.7. The molecule has 0 unspecified atom stereocenters. The van der Waals surface area contributed by atoms with Crippen molar-refractivity contribution in [3.05, 3.63) is 11.8 Å². The molecule has 0 atom stereocenters. The van der Waals surface area contributed by atoms with Gasteiger partial charge in [0.05, 0.1) is 6.61 Å². The van der Waals surface area contributed by atoms with Gasteiger partial charge in [0.2, 0.25) is 0 Å². The molecule has 0 radical (unpaired) electrons. The van der Waals surface area contributed by atoms with Gasteiger partial charge in [0.1, 0.15) is 18.2 Å². The van der Waals surface area contributed by atoms with E-state index in [9.17, 15) is 9.59 Å². The Balaban J connectivity index is 2.55. The highest BCUT2D eigenvalue weighted by atomic mass is 16.5. The van der Waals surface area contributed by atoms with Gasteiger partial charge in [-0.05, 0) is 19.8 Å². The molecule has 1 rings (SSSR count). The van der Waals surface area contributed by atoms with Gasteiger partial charge in [-0.2, -0.15) is 5.26 Å². The molecule has 1 saturated carbocycles. The highest BCUT2D eigenvalue weighted by Gasteiger charge is 2.24. The largest absolute Gasteiger partial charge is 0.465 e. The average Bonchev–Trinajstić information content (AvgIpc) is 2.51. The van der Waals surface area contributed by atoms with Crippen molar-refractivity contribution >= 4 is 11.9 Å². The molecule has 0 spiro atoms. The Bertz CT molecular complexity index is 434. The molecule has 6 nitrogen and oxygen atoms in total. The van der Waals surface area contributed by atoms with Crippen LogP contribution in [0.3, 0.4) is 0 Å². The first-order valence-corrected chi connectivity index (χ1v) is 7.36. The van der Waals surface area contributed by atoms with Crippen LogP contribution in [0.5, 0.6) is 0 Å². The number of ether oxygens (including phenoxy) is 1. The molecule has 0 bridgehead atoms. The number of carbonyl (C=O) groups is 2. The van der Waals surface area contributed by atoms with Crippen molar-refractivity contribution in [1.29, 1.82) is 5.26 Å². The van der Waals surface area contributed by atoms with E-state index in [0.717, 1.165) is 25.7 Å². The van der Waals surface area contributed by atoms with Crippen molar-refractivity contribution < 1.29 is 14.3 Å². The minimum atomic E-state index is -0.417. The van der Waals surface area contributed by atoms with Crippen LogP contribution < -0.4 is 5.32 Å². The Morgan fingerprint density at radius 1 is 1.38 bits per heavy atom. The number of rotatable bonds is 6. The van der Waals surface area contributed by atoms with Gasteiger partial charge in [-0.1, -0.05) is 19.3 Å². The first-order valence-electron chi connectivity index (χ1n) is 7.36. The molecule has 6 heteroatoms. The van der Waals surface area contributed by atoms with E-state index in [-0.39, 0.29) is 24.1 Å². The number of esters is 1. The Morgan fingerprint density at radius 3 is 2.62 bits per heavy atom. The van der Waals surface area contributed by atoms with Crippen LogP contribution >= 0.6 is 0 Å². The first kappa shape index (κ1) is 17.0. The molecule has 0 saturated heterocycles. The summed E-state index contributed by atoms with van der Waals surface area (Å²) in [5, 5.41) is 11.7. The second kappa shape index (κ2) is 9.01. The summed E-state index contributed by atoms with van der Waals surface area (Å²) in [6.45, 7) is 1.97. The van der Waals surface area contributed by atoms with Crippen LogP contribution in [-0.2, 0) is 14.3 Å². The third-order valence-corrected chi connectivity index (χ3v) is 3.59. The van der Waals surface area contributed by atoms with Crippen molar-refractivity contribution in [1.82, 2.24) is 10.2 Å². The molecule has 0 aromatic rings. The van der Waals surface area contributed by atoms with Crippen LogP contribution in [0.25, 0.3) is 0 Å². The molecule has 1 aliphatic carbocycles. The quantitative estimate of drug-likeness (QED) is 0.454. The Labute approximate surface area is 125 Å². The topological polar surface area (TPSA) is 82.4 Å². The maximum Gasteiger partial charge on any atom is 0.325 e. The smallest absolute Gasteiger partial charge is 0.325 e. The lowest BCUT2D eigenvalue weighted by Gasteiger charge is -2.31. The third kappa shape index (κ3) is 5.46. The van der Waals surface area contributed by atoms with Crippen LogP contribution in [-0.4, -0.2) is 43.0 Å². The Kier molecular flexibility index (Phi) is 7.30. The van der Waals surface area contributed by atoms with E-state index in [1.807, 2.05) is 6.07 Å². The van der Waals surface area contributed by atoms with Crippen molar-refractivity contribution in [2.75, 3.05) is 20.2 Å². The number of hydrogen-bond acceptors (Lipinski definition) is 5. The molecular weight excluding hydrogens is 270 g/mol. The van der Waals surface area contributed by atoms with Gasteiger partial charge in [0, 0.05) is 19.3 Å².